The Balaban J connectivity index is 0.00000147. The molecule has 1 amide bonds. The summed E-state index contributed by atoms with van der Waals surface area (Å²) in [5.41, 5.74) is 1.47. The quantitative estimate of drug-likeness (QED) is 0.909. The predicted molar refractivity (Wildman–Crippen MR) is 79.6 cm³/mol. The average Bonchev–Trinajstić information content (AvgIpc) is 2.98. The molecular weight excluding hydrogens is 276 g/mol. The summed E-state index contributed by atoms with van der Waals surface area (Å²) < 4.78 is 1.73. The second-order valence-corrected chi connectivity index (χ2v) is 4.52. The smallest absolute Gasteiger partial charge is 0.274 e. The number of hydrogen-bond acceptors (Lipinski definition) is 3. The van der Waals surface area contributed by atoms with E-state index in [1.807, 2.05) is 41.4 Å². The first-order valence-corrected chi connectivity index (χ1v) is 6.46. The van der Waals surface area contributed by atoms with Gasteiger partial charge >= 0.3 is 0 Å². The first-order chi connectivity index (χ1) is 9.34. The molecule has 3 rings (SSSR count). The molecule has 1 fully saturated rings. The van der Waals surface area contributed by atoms with Gasteiger partial charge in [0.2, 0.25) is 0 Å². The average molecular weight is 293 g/mol. The minimum atomic E-state index is 0. The lowest BCUT2D eigenvalue weighted by Crippen LogP contribution is -2.46. The molecule has 0 bridgehead atoms. The number of hydrogen-bond donors (Lipinski definition) is 1. The molecule has 5 nitrogen and oxygen atoms in total. The molecular formula is C14H17ClN4O. The molecule has 1 aliphatic heterocycles. The van der Waals surface area contributed by atoms with E-state index in [-0.39, 0.29) is 18.3 Å². The van der Waals surface area contributed by atoms with E-state index >= 15 is 0 Å². The number of rotatable bonds is 2. The van der Waals surface area contributed by atoms with E-state index in [9.17, 15) is 4.79 Å². The predicted octanol–water partition coefficient (Wildman–Crippen LogP) is 1.34. The van der Waals surface area contributed by atoms with E-state index in [0.29, 0.717) is 5.69 Å². The molecule has 1 saturated heterocycles. The van der Waals surface area contributed by atoms with Crippen molar-refractivity contribution in [2.24, 2.45) is 0 Å². The summed E-state index contributed by atoms with van der Waals surface area (Å²) in [6.45, 7) is 3.20. The van der Waals surface area contributed by atoms with Crippen LogP contribution in [0.2, 0.25) is 0 Å². The fourth-order valence-corrected chi connectivity index (χ4v) is 2.19. The zero-order chi connectivity index (χ0) is 13.1. The number of benzene rings is 1. The molecule has 20 heavy (non-hydrogen) atoms. The van der Waals surface area contributed by atoms with Crippen molar-refractivity contribution in [3.63, 3.8) is 0 Å². The molecule has 6 heteroatoms. The van der Waals surface area contributed by atoms with Gasteiger partial charge in [-0.1, -0.05) is 18.2 Å². The number of aromatic nitrogens is 2. The number of carbonyl (C=O) groups is 1. The van der Waals surface area contributed by atoms with Gasteiger partial charge in [0.25, 0.3) is 5.91 Å². The van der Waals surface area contributed by atoms with Crippen molar-refractivity contribution in [1.82, 2.24) is 20.0 Å². The SMILES string of the molecule is Cl.O=C(c1ccn(-c2ccccc2)n1)N1CCNCC1. The van der Waals surface area contributed by atoms with E-state index in [4.69, 9.17) is 0 Å². The first-order valence-electron chi connectivity index (χ1n) is 6.46. The molecule has 2 aromatic rings. The van der Waals surface area contributed by atoms with Gasteiger partial charge in [-0.15, -0.1) is 12.4 Å². The number of nitrogens with zero attached hydrogens (tertiary/aromatic N) is 3. The molecule has 2 heterocycles. The van der Waals surface area contributed by atoms with Crippen LogP contribution in [0, 0.1) is 0 Å². The minimum Gasteiger partial charge on any atom is -0.335 e. The summed E-state index contributed by atoms with van der Waals surface area (Å²) >= 11 is 0. The molecule has 1 aromatic heterocycles. The van der Waals surface area contributed by atoms with Crippen LogP contribution in [0.3, 0.4) is 0 Å². The number of para-hydroxylation sites is 1. The highest BCUT2D eigenvalue weighted by atomic mass is 35.5. The monoisotopic (exact) mass is 292 g/mol. The number of amides is 1. The molecule has 0 aliphatic carbocycles. The van der Waals surface area contributed by atoms with Crippen LogP contribution < -0.4 is 5.32 Å². The third kappa shape index (κ3) is 3.00. The Morgan fingerprint density at radius 1 is 1.10 bits per heavy atom. The normalized spacial score (nSPS) is 14.7. The Morgan fingerprint density at radius 3 is 2.50 bits per heavy atom. The molecule has 1 aromatic carbocycles. The summed E-state index contributed by atoms with van der Waals surface area (Å²) in [7, 11) is 0. The van der Waals surface area contributed by atoms with Crippen LogP contribution in [-0.2, 0) is 0 Å². The van der Waals surface area contributed by atoms with Crippen LogP contribution in [0.15, 0.2) is 42.6 Å². The maximum Gasteiger partial charge on any atom is 0.274 e. The third-order valence-corrected chi connectivity index (χ3v) is 3.23. The van der Waals surface area contributed by atoms with Crippen molar-refractivity contribution >= 4 is 18.3 Å². The van der Waals surface area contributed by atoms with E-state index < -0.39 is 0 Å². The molecule has 0 atom stereocenters. The summed E-state index contributed by atoms with van der Waals surface area (Å²) in [6, 6.07) is 11.6. The molecule has 0 spiro atoms. The summed E-state index contributed by atoms with van der Waals surface area (Å²) in [5.74, 6) is 0.0104. The largest absolute Gasteiger partial charge is 0.335 e. The van der Waals surface area contributed by atoms with Crippen LogP contribution in [0.5, 0.6) is 0 Å². The number of carbonyl (C=O) groups excluding carboxylic acids is 1. The van der Waals surface area contributed by atoms with Crippen LogP contribution in [0.4, 0.5) is 0 Å². The summed E-state index contributed by atoms with van der Waals surface area (Å²) in [4.78, 5) is 14.1. The van der Waals surface area contributed by atoms with Gasteiger partial charge in [0.1, 0.15) is 0 Å². The Hall–Kier alpha value is -1.85. The summed E-state index contributed by atoms with van der Waals surface area (Å²) in [6.07, 6.45) is 1.82. The highest BCUT2D eigenvalue weighted by molar-refractivity contribution is 5.92. The fraction of sp³-hybridized carbons (Fsp3) is 0.286. The van der Waals surface area contributed by atoms with Crippen molar-refractivity contribution in [1.29, 1.82) is 0 Å². The van der Waals surface area contributed by atoms with Crippen molar-refractivity contribution < 1.29 is 4.79 Å². The molecule has 1 N–H and O–H groups in total. The van der Waals surface area contributed by atoms with Gasteiger partial charge in [-0.25, -0.2) is 4.68 Å². The van der Waals surface area contributed by atoms with Gasteiger partial charge < -0.3 is 10.2 Å². The second-order valence-electron chi connectivity index (χ2n) is 4.52. The van der Waals surface area contributed by atoms with E-state index in [2.05, 4.69) is 10.4 Å². The standard InChI is InChI=1S/C14H16N4O.ClH/c19-14(17-10-7-15-8-11-17)13-6-9-18(16-13)12-4-2-1-3-5-12;/h1-6,9,15H,7-8,10-11H2;1H. The van der Waals surface area contributed by atoms with E-state index in [0.717, 1.165) is 31.9 Å². The Labute approximate surface area is 124 Å². The van der Waals surface area contributed by atoms with E-state index in [1.54, 1.807) is 10.7 Å². The topological polar surface area (TPSA) is 50.2 Å². The lowest BCUT2D eigenvalue weighted by molar-refractivity contribution is 0.0729. The summed E-state index contributed by atoms with van der Waals surface area (Å²) in [5, 5.41) is 7.59. The van der Waals surface area contributed by atoms with Crippen molar-refractivity contribution in [2.45, 2.75) is 0 Å². The van der Waals surface area contributed by atoms with E-state index in [1.165, 1.54) is 0 Å². The molecule has 106 valence electrons. The fourth-order valence-electron chi connectivity index (χ4n) is 2.19. The van der Waals surface area contributed by atoms with Gasteiger partial charge in [-0.3, -0.25) is 4.79 Å². The van der Waals surface area contributed by atoms with Crippen LogP contribution in [0.1, 0.15) is 10.5 Å². The maximum absolute atomic E-state index is 12.3. The van der Waals surface area contributed by atoms with Gasteiger partial charge in [0, 0.05) is 32.4 Å². The Bertz CT molecular complexity index is 564. The van der Waals surface area contributed by atoms with Crippen LogP contribution in [0.25, 0.3) is 5.69 Å². The zero-order valence-corrected chi connectivity index (χ0v) is 11.8. The van der Waals surface area contributed by atoms with Gasteiger partial charge in [0.05, 0.1) is 5.69 Å². The maximum atomic E-state index is 12.3. The van der Waals surface area contributed by atoms with Gasteiger partial charge in [-0.2, -0.15) is 5.10 Å². The van der Waals surface area contributed by atoms with Crippen LogP contribution >= 0.6 is 12.4 Å². The number of nitrogens with one attached hydrogen (secondary N) is 1. The van der Waals surface area contributed by atoms with Crippen molar-refractivity contribution in [3.8, 4) is 5.69 Å². The van der Waals surface area contributed by atoms with Crippen molar-refractivity contribution in [2.75, 3.05) is 26.2 Å². The second kappa shape index (κ2) is 6.54. The van der Waals surface area contributed by atoms with Gasteiger partial charge in [-0.05, 0) is 18.2 Å². The Morgan fingerprint density at radius 2 is 1.80 bits per heavy atom. The van der Waals surface area contributed by atoms with Crippen molar-refractivity contribution in [3.05, 3.63) is 48.3 Å². The minimum absolute atomic E-state index is 0. The molecule has 0 unspecified atom stereocenters. The highest BCUT2D eigenvalue weighted by Gasteiger charge is 2.19. The number of piperazine rings is 1. The highest BCUT2D eigenvalue weighted by Crippen LogP contribution is 2.09. The molecule has 0 radical (unpaired) electrons. The first kappa shape index (κ1) is 14.6. The molecule has 1 aliphatic rings. The lowest BCUT2D eigenvalue weighted by Gasteiger charge is -2.26. The van der Waals surface area contributed by atoms with Gasteiger partial charge in [0.15, 0.2) is 5.69 Å². The van der Waals surface area contributed by atoms with Crippen LogP contribution in [-0.4, -0.2) is 46.8 Å². The Kier molecular flexibility index (Phi) is 4.76. The lowest BCUT2D eigenvalue weighted by atomic mass is 10.3. The number of halogens is 1. The molecule has 0 saturated carbocycles. The third-order valence-electron chi connectivity index (χ3n) is 3.23. The zero-order valence-electron chi connectivity index (χ0n) is 11.0.